The van der Waals surface area contributed by atoms with Crippen molar-refractivity contribution in [2.24, 2.45) is 0 Å². The quantitative estimate of drug-likeness (QED) is 0.511. The third-order valence-electron chi connectivity index (χ3n) is 5.68. The molecule has 0 bridgehead atoms. The second-order valence-electron chi connectivity index (χ2n) is 8.24. The van der Waals surface area contributed by atoms with E-state index in [9.17, 15) is 14.3 Å². The number of fused-ring (bicyclic) bond motifs is 2. The minimum atomic E-state index is -1.01. The highest BCUT2D eigenvalue weighted by atomic mass is 19.1. The van der Waals surface area contributed by atoms with E-state index in [1.54, 1.807) is 42.5 Å². The number of benzene rings is 2. The number of nitrogens with zero attached hydrogens (tertiary/aromatic N) is 4. The zero-order valence-corrected chi connectivity index (χ0v) is 17.0. The third-order valence-corrected chi connectivity index (χ3v) is 5.68. The van der Waals surface area contributed by atoms with Gasteiger partial charge < -0.3 is 10.0 Å². The number of rotatable bonds is 3. The summed E-state index contributed by atoms with van der Waals surface area (Å²) < 4.78 is 13.9. The Kier molecular flexibility index (Phi) is 4.22. The minimum absolute atomic E-state index is 0.177. The van der Waals surface area contributed by atoms with Crippen LogP contribution in [0.25, 0.3) is 22.3 Å². The first kappa shape index (κ1) is 19.1. The number of hydrogen-bond donors (Lipinski definition) is 1. The normalized spacial score (nSPS) is 14.6. The highest BCUT2D eigenvalue weighted by Crippen LogP contribution is 2.45. The van der Waals surface area contributed by atoms with Crippen LogP contribution in [0.15, 0.2) is 60.9 Å². The maximum absolute atomic E-state index is 13.9. The van der Waals surface area contributed by atoms with Crippen LogP contribution in [0.2, 0.25) is 0 Å². The van der Waals surface area contributed by atoms with Crippen molar-refractivity contribution in [3.63, 3.8) is 0 Å². The number of pyridine rings is 1. The van der Waals surface area contributed by atoms with E-state index >= 15 is 0 Å². The number of anilines is 2. The fourth-order valence-electron chi connectivity index (χ4n) is 4.21. The Morgan fingerprint density at radius 2 is 1.90 bits per heavy atom. The maximum atomic E-state index is 13.9. The van der Waals surface area contributed by atoms with Crippen LogP contribution in [-0.4, -0.2) is 32.6 Å². The monoisotopic (exact) mass is 414 g/mol. The molecule has 1 N–H and O–H groups in total. The molecule has 0 aliphatic carbocycles. The minimum Gasteiger partial charge on any atom is -0.478 e. The first-order valence-corrected chi connectivity index (χ1v) is 9.87. The predicted molar refractivity (Wildman–Crippen MR) is 116 cm³/mol. The highest BCUT2D eigenvalue weighted by Gasteiger charge is 2.37. The Balaban J connectivity index is 1.71. The van der Waals surface area contributed by atoms with E-state index in [1.807, 2.05) is 11.0 Å². The Morgan fingerprint density at radius 1 is 1.10 bits per heavy atom. The molecule has 4 aromatic rings. The average molecular weight is 414 g/mol. The van der Waals surface area contributed by atoms with E-state index < -0.39 is 5.97 Å². The Hall–Kier alpha value is -3.87. The number of carboxylic acids is 1. The molecule has 1 aliphatic heterocycles. The molecular formula is C24H19FN4O2. The number of carboxylic acid groups (broad SMARTS) is 1. The van der Waals surface area contributed by atoms with E-state index in [1.165, 1.54) is 12.4 Å². The highest BCUT2D eigenvalue weighted by molar-refractivity contribution is 5.97. The number of aromatic nitrogens is 3. The van der Waals surface area contributed by atoms with Crippen molar-refractivity contribution in [2.75, 3.05) is 11.4 Å². The summed E-state index contributed by atoms with van der Waals surface area (Å²) in [5.41, 5.74) is 3.95. The first-order valence-electron chi connectivity index (χ1n) is 9.87. The molecule has 31 heavy (non-hydrogen) atoms. The zero-order chi connectivity index (χ0) is 21.8. The van der Waals surface area contributed by atoms with Crippen molar-refractivity contribution in [1.82, 2.24) is 15.0 Å². The smallest absolute Gasteiger partial charge is 0.336 e. The topological polar surface area (TPSA) is 79.2 Å². The van der Waals surface area contributed by atoms with Crippen LogP contribution in [0.4, 0.5) is 15.9 Å². The molecule has 0 saturated heterocycles. The van der Waals surface area contributed by atoms with Gasteiger partial charge in [0.1, 0.15) is 17.7 Å². The van der Waals surface area contributed by atoms with Gasteiger partial charge in [0.15, 0.2) is 5.82 Å². The van der Waals surface area contributed by atoms with Gasteiger partial charge in [-0.15, -0.1) is 0 Å². The molecule has 0 saturated carbocycles. The second kappa shape index (κ2) is 6.84. The van der Waals surface area contributed by atoms with Gasteiger partial charge in [-0.2, -0.15) is 0 Å². The summed E-state index contributed by atoms with van der Waals surface area (Å²) >= 11 is 0. The molecule has 0 unspecified atom stereocenters. The summed E-state index contributed by atoms with van der Waals surface area (Å²) in [7, 11) is 0. The summed E-state index contributed by atoms with van der Waals surface area (Å²) in [6, 6.07) is 15.1. The van der Waals surface area contributed by atoms with Gasteiger partial charge in [-0.3, -0.25) is 0 Å². The summed E-state index contributed by atoms with van der Waals surface area (Å²) in [4.78, 5) is 27.3. The molecule has 0 spiro atoms. The Labute approximate surface area is 178 Å². The fraction of sp³-hybridized carbons (Fsp3) is 0.167. The van der Waals surface area contributed by atoms with Gasteiger partial charge in [0.25, 0.3) is 0 Å². The van der Waals surface area contributed by atoms with E-state index in [4.69, 9.17) is 4.98 Å². The second-order valence-corrected chi connectivity index (χ2v) is 8.24. The Morgan fingerprint density at radius 3 is 2.71 bits per heavy atom. The fourth-order valence-corrected chi connectivity index (χ4v) is 4.21. The molecule has 3 heterocycles. The van der Waals surface area contributed by atoms with E-state index in [0.717, 1.165) is 11.3 Å². The molecule has 1 aliphatic rings. The van der Waals surface area contributed by atoms with E-state index in [-0.39, 0.29) is 16.8 Å². The molecule has 5 rings (SSSR count). The molecule has 154 valence electrons. The van der Waals surface area contributed by atoms with Crippen LogP contribution in [0.3, 0.4) is 0 Å². The van der Waals surface area contributed by atoms with Gasteiger partial charge in [-0.05, 0) is 42.0 Å². The lowest BCUT2D eigenvalue weighted by atomic mass is 9.87. The standard InChI is InChI=1S/C24H19FN4O2/c1-24(2)12-29(20-10-7-14(25)11-17(20)24)22-21-19(26-13-27-22)9-8-18(28-21)15-5-3-4-6-16(15)23(30)31/h3-11,13H,12H2,1-2H3,(H,30,31). The molecular weight excluding hydrogens is 395 g/mol. The molecule has 2 aromatic carbocycles. The van der Waals surface area contributed by atoms with Crippen molar-refractivity contribution in [1.29, 1.82) is 0 Å². The Bertz CT molecular complexity index is 1350. The van der Waals surface area contributed by atoms with Crippen LogP contribution in [0, 0.1) is 5.82 Å². The average Bonchev–Trinajstić information content (AvgIpc) is 3.03. The number of halogens is 1. The van der Waals surface area contributed by atoms with Crippen molar-refractivity contribution >= 4 is 28.5 Å². The van der Waals surface area contributed by atoms with Gasteiger partial charge in [0, 0.05) is 23.2 Å². The lowest BCUT2D eigenvalue weighted by Gasteiger charge is -2.22. The van der Waals surface area contributed by atoms with Crippen LogP contribution in [0.1, 0.15) is 29.8 Å². The largest absolute Gasteiger partial charge is 0.478 e. The predicted octanol–water partition coefficient (Wildman–Crippen LogP) is 4.96. The molecule has 0 radical (unpaired) electrons. The van der Waals surface area contributed by atoms with E-state index in [0.29, 0.717) is 34.7 Å². The van der Waals surface area contributed by atoms with Crippen LogP contribution in [0.5, 0.6) is 0 Å². The molecule has 0 atom stereocenters. The lowest BCUT2D eigenvalue weighted by molar-refractivity contribution is 0.0697. The number of aromatic carboxylic acids is 1. The van der Waals surface area contributed by atoms with Crippen molar-refractivity contribution < 1.29 is 14.3 Å². The van der Waals surface area contributed by atoms with Gasteiger partial charge in [-0.25, -0.2) is 24.1 Å². The first-order chi connectivity index (χ1) is 14.8. The van der Waals surface area contributed by atoms with Crippen LogP contribution < -0.4 is 4.90 Å². The molecule has 2 aromatic heterocycles. The summed E-state index contributed by atoms with van der Waals surface area (Å²) in [5, 5.41) is 9.57. The van der Waals surface area contributed by atoms with Crippen molar-refractivity contribution in [3.8, 4) is 11.3 Å². The zero-order valence-electron chi connectivity index (χ0n) is 17.0. The van der Waals surface area contributed by atoms with E-state index in [2.05, 4.69) is 23.8 Å². The summed E-state index contributed by atoms with van der Waals surface area (Å²) in [5.74, 6) is -0.677. The number of hydrogen-bond acceptors (Lipinski definition) is 5. The molecule has 0 fully saturated rings. The van der Waals surface area contributed by atoms with Crippen molar-refractivity contribution in [3.05, 3.63) is 77.9 Å². The van der Waals surface area contributed by atoms with Crippen LogP contribution >= 0.6 is 0 Å². The lowest BCUT2D eigenvalue weighted by Crippen LogP contribution is -2.26. The van der Waals surface area contributed by atoms with Gasteiger partial charge in [-0.1, -0.05) is 32.0 Å². The summed E-state index contributed by atoms with van der Waals surface area (Å²) in [6.45, 7) is 4.74. The molecule has 7 heteroatoms. The molecule has 6 nitrogen and oxygen atoms in total. The number of carbonyl (C=O) groups is 1. The van der Waals surface area contributed by atoms with Crippen LogP contribution in [-0.2, 0) is 5.41 Å². The SMILES string of the molecule is CC1(C)CN(c2ncnc3ccc(-c4ccccc4C(=O)O)nc23)c2ccc(F)cc21. The third kappa shape index (κ3) is 3.09. The van der Waals surface area contributed by atoms with Gasteiger partial charge >= 0.3 is 5.97 Å². The molecule has 0 amide bonds. The summed E-state index contributed by atoms with van der Waals surface area (Å²) in [6.07, 6.45) is 1.48. The maximum Gasteiger partial charge on any atom is 0.336 e. The van der Waals surface area contributed by atoms with Gasteiger partial charge in [0.05, 0.1) is 16.8 Å². The van der Waals surface area contributed by atoms with Gasteiger partial charge in [0.2, 0.25) is 0 Å². The van der Waals surface area contributed by atoms with Crippen molar-refractivity contribution in [2.45, 2.75) is 19.3 Å².